The maximum atomic E-state index is 14.8. The number of nitrogens with one attached hydrogen (secondary N) is 1. The fraction of sp³-hybridized carbons (Fsp3) is 0.320. The van der Waals surface area contributed by atoms with Gasteiger partial charge in [-0.1, -0.05) is 17.3 Å². The number of nitrogens with zero attached hydrogens (tertiary/aromatic N) is 5. The molecule has 3 aromatic heterocycles. The molecule has 5 rings (SSSR count). The number of hydrogen-bond donors (Lipinski definition) is 1. The topological polar surface area (TPSA) is 108 Å². The Labute approximate surface area is 209 Å². The summed E-state index contributed by atoms with van der Waals surface area (Å²) >= 11 is 0. The summed E-state index contributed by atoms with van der Waals surface area (Å²) in [5.41, 5.74) is 0.854. The van der Waals surface area contributed by atoms with Crippen molar-refractivity contribution in [1.82, 2.24) is 24.9 Å². The maximum Gasteiger partial charge on any atom is 0.251 e. The highest BCUT2D eigenvalue weighted by molar-refractivity contribution is 5.91. The summed E-state index contributed by atoms with van der Waals surface area (Å²) in [6.45, 7) is 0. The zero-order valence-corrected chi connectivity index (χ0v) is 20.0. The predicted octanol–water partition coefficient (Wildman–Crippen LogP) is 4.08. The fourth-order valence-electron chi connectivity index (χ4n) is 4.08. The number of carbonyl (C=O) groups is 1. The highest BCUT2D eigenvalue weighted by Gasteiger charge is 2.55. The van der Waals surface area contributed by atoms with Crippen LogP contribution in [0, 0.1) is 5.82 Å². The van der Waals surface area contributed by atoms with Crippen molar-refractivity contribution < 1.29 is 27.2 Å². The van der Waals surface area contributed by atoms with E-state index in [1.54, 1.807) is 37.3 Å². The number of alkyl halides is 2. The lowest BCUT2D eigenvalue weighted by molar-refractivity contribution is -0.115. The second-order valence-electron chi connectivity index (χ2n) is 8.97. The molecule has 37 heavy (non-hydrogen) atoms. The number of methoxy groups -OCH3 is 1. The minimum Gasteiger partial charge on any atom is -0.480 e. The number of anilines is 1. The number of aryl methyl sites for hydroxylation is 1. The third-order valence-corrected chi connectivity index (χ3v) is 6.33. The van der Waals surface area contributed by atoms with Gasteiger partial charge in [0.1, 0.15) is 11.6 Å². The molecule has 0 atom stereocenters. The van der Waals surface area contributed by atoms with E-state index < -0.39 is 23.6 Å². The Bertz CT molecular complexity index is 1430. The van der Waals surface area contributed by atoms with Gasteiger partial charge in [0.05, 0.1) is 18.9 Å². The first-order valence-corrected chi connectivity index (χ1v) is 11.5. The van der Waals surface area contributed by atoms with Crippen molar-refractivity contribution in [3.63, 3.8) is 0 Å². The van der Waals surface area contributed by atoms with Gasteiger partial charge in [0, 0.05) is 49.3 Å². The lowest BCUT2D eigenvalue weighted by Gasteiger charge is -2.08. The van der Waals surface area contributed by atoms with Gasteiger partial charge in [0.2, 0.25) is 11.8 Å². The minimum absolute atomic E-state index is 0.0186. The minimum atomic E-state index is -2.57. The molecule has 12 heteroatoms. The first-order chi connectivity index (χ1) is 17.8. The largest absolute Gasteiger partial charge is 0.480 e. The SMILES string of the molecule is COc1nn(C)cc1Cc1ncc(-c2ccc(CC(=O)Nc3cc(C4(C(F)F)CC4)on3)c(F)c2)cn1. The van der Waals surface area contributed by atoms with Gasteiger partial charge in [-0.15, -0.1) is 5.10 Å². The zero-order valence-electron chi connectivity index (χ0n) is 20.0. The molecule has 3 heterocycles. The van der Waals surface area contributed by atoms with Gasteiger partial charge in [-0.2, -0.15) is 0 Å². The summed E-state index contributed by atoms with van der Waals surface area (Å²) in [5, 5.41) is 10.3. The Morgan fingerprint density at radius 1 is 1.19 bits per heavy atom. The van der Waals surface area contributed by atoms with Gasteiger partial charge in [-0.05, 0) is 30.0 Å². The number of amides is 1. The van der Waals surface area contributed by atoms with Crippen LogP contribution in [0.1, 0.15) is 35.6 Å². The molecule has 0 spiro atoms. The first kappa shape index (κ1) is 24.5. The van der Waals surface area contributed by atoms with E-state index in [0.29, 0.717) is 42.1 Å². The molecule has 1 aromatic carbocycles. The summed E-state index contributed by atoms with van der Waals surface area (Å²) in [5.74, 6) is -0.00714. The van der Waals surface area contributed by atoms with Gasteiger partial charge in [-0.25, -0.2) is 23.1 Å². The van der Waals surface area contributed by atoms with Gasteiger partial charge >= 0.3 is 0 Å². The molecule has 0 aliphatic heterocycles. The Morgan fingerprint density at radius 3 is 2.59 bits per heavy atom. The Balaban J connectivity index is 1.22. The maximum absolute atomic E-state index is 14.8. The smallest absolute Gasteiger partial charge is 0.251 e. The van der Waals surface area contributed by atoms with Crippen molar-refractivity contribution in [2.24, 2.45) is 7.05 Å². The number of ether oxygens (including phenoxy) is 1. The summed E-state index contributed by atoms with van der Waals surface area (Å²) < 4.78 is 53.1. The second kappa shape index (κ2) is 9.68. The lowest BCUT2D eigenvalue weighted by Crippen LogP contribution is -2.17. The van der Waals surface area contributed by atoms with Gasteiger partial charge in [0.15, 0.2) is 11.6 Å². The van der Waals surface area contributed by atoms with E-state index in [1.807, 2.05) is 6.20 Å². The molecule has 0 unspecified atom stereocenters. The van der Waals surface area contributed by atoms with Crippen LogP contribution in [0.2, 0.25) is 0 Å². The number of hydrogen-bond acceptors (Lipinski definition) is 7. The summed E-state index contributed by atoms with van der Waals surface area (Å²) in [7, 11) is 3.34. The zero-order chi connectivity index (χ0) is 26.2. The molecule has 4 aromatic rings. The Hall–Kier alpha value is -4.22. The standard InChI is InChI=1S/C25H23F3N6O3/c1-34-13-16(23(32-34)36-2)8-20-29-11-17(12-30-20)14-3-4-15(18(26)7-14)9-22(35)31-21-10-19(37-33-21)25(5-6-25)24(27)28/h3-4,7,10-13,24H,5-6,8-9H2,1-2H3,(H,31,33,35). The van der Waals surface area contributed by atoms with E-state index in [9.17, 15) is 18.0 Å². The number of rotatable bonds is 9. The Morgan fingerprint density at radius 2 is 1.95 bits per heavy atom. The van der Waals surface area contributed by atoms with Crippen molar-refractivity contribution in [1.29, 1.82) is 0 Å². The van der Waals surface area contributed by atoms with Crippen LogP contribution in [0.15, 0.2) is 47.4 Å². The number of benzene rings is 1. The van der Waals surface area contributed by atoms with Crippen molar-refractivity contribution in [3.8, 4) is 17.0 Å². The van der Waals surface area contributed by atoms with Crippen LogP contribution in [0.4, 0.5) is 19.0 Å². The normalized spacial score (nSPS) is 14.1. The Kier molecular flexibility index (Phi) is 6.40. The molecule has 1 amide bonds. The molecule has 1 aliphatic rings. The highest BCUT2D eigenvalue weighted by atomic mass is 19.3. The van der Waals surface area contributed by atoms with E-state index in [1.165, 1.54) is 18.2 Å². The monoisotopic (exact) mass is 512 g/mol. The van der Waals surface area contributed by atoms with Crippen molar-refractivity contribution in [2.45, 2.75) is 37.5 Å². The number of carbonyl (C=O) groups excluding carboxylic acids is 1. The van der Waals surface area contributed by atoms with Crippen LogP contribution in [-0.2, 0) is 30.1 Å². The number of aromatic nitrogens is 5. The van der Waals surface area contributed by atoms with Gasteiger partial charge in [-0.3, -0.25) is 9.48 Å². The predicted molar refractivity (Wildman–Crippen MR) is 126 cm³/mol. The molecule has 9 nitrogen and oxygen atoms in total. The first-order valence-electron chi connectivity index (χ1n) is 11.5. The van der Waals surface area contributed by atoms with Gasteiger partial charge < -0.3 is 14.6 Å². The molecule has 1 aliphatic carbocycles. The molecule has 1 saturated carbocycles. The molecule has 0 bridgehead atoms. The van der Waals surface area contributed by atoms with Crippen molar-refractivity contribution >= 4 is 11.7 Å². The molecule has 0 saturated heterocycles. The summed E-state index contributed by atoms with van der Waals surface area (Å²) in [4.78, 5) is 21.1. The average molecular weight is 512 g/mol. The van der Waals surface area contributed by atoms with Crippen LogP contribution >= 0.6 is 0 Å². The van der Waals surface area contributed by atoms with Gasteiger partial charge in [0.25, 0.3) is 6.43 Å². The molecule has 192 valence electrons. The quantitative estimate of drug-likeness (QED) is 0.360. The van der Waals surface area contributed by atoms with Crippen molar-refractivity contribution in [3.05, 3.63) is 71.4 Å². The lowest BCUT2D eigenvalue weighted by atomic mass is 10.0. The number of halogens is 3. The van der Waals surface area contributed by atoms with Crippen LogP contribution in [0.5, 0.6) is 5.88 Å². The second-order valence-corrected chi connectivity index (χ2v) is 8.97. The third-order valence-electron chi connectivity index (χ3n) is 6.33. The third kappa shape index (κ3) is 5.04. The molecule has 1 N–H and O–H groups in total. The van der Waals surface area contributed by atoms with Crippen LogP contribution in [-0.4, -0.2) is 44.3 Å². The molecule has 0 radical (unpaired) electrons. The summed E-state index contributed by atoms with van der Waals surface area (Å²) in [6, 6.07) is 5.77. The van der Waals surface area contributed by atoms with Crippen LogP contribution in [0.25, 0.3) is 11.1 Å². The molecule has 1 fully saturated rings. The van der Waals surface area contributed by atoms with E-state index in [2.05, 4.69) is 25.5 Å². The molecular formula is C25H23F3N6O3. The van der Waals surface area contributed by atoms with E-state index in [-0.39, 0.29) is 23.6 Å². The van der Waals surface area contributed by atoms with Crippen LogP contribution < -0.4 is 10.1 Å². The van der Waals surface area contributed by atoms with Crippen LogP contribution in [0.3, 0.4) is 0 Å². The van der Waals surface area contributed by atoms with E-state index in [0.717, 1.165) is 5.56 Å². The molecular weight excluding hydrogens is 489 g/mol. The highest BCUT2D eigenvalue weighted by Crippen LogP contribution is 2.53. The average Bonchev–Trinajstić information content (AvgIpc) is 3.44. The summed E-state index contributed by atoms with van der Waals surface area (Å²) in [6.07, 6.45) is 3.22. The van der Waals surface area contributed by atoms with E-state index >= 15 is 0 Å². The van der Waals surface area contributed by atoms with E-state index in [4.69, 9.17) is 9.26 Å². The van der Waals surface area contributed by atoms with Crippen molar-refractivity contribution in [2.75, 3.05) is 12.4 Å². The fourth-order valence-corrected chi connectivity index (χ4v) is 4.08.